The van der Waals surface area contributed by atoms with Gasteiger partial charge in [-0.15, -0.1) is 0 Å². The molecule has 120 valence electrons. The van der Waals surface area contributed by atoms with Crippen molar-refractivity contribution in [3.8, 4) is 11.3 Å². The molecule has 0 aliphatic heterocycles. The fourth-order valence-corrected chi connectivity index (χ4v) is 3.16. The molecule has 0 saturated heterocycles. The molecular formula is C19H15BrN2O2. The Balaban J connectivity index is 1.56. The Hall–Kier alpha value is -2.40. The normalized spacial score (nSPS) is 15.0. The zero-order valence-corrected chi connectivity index (χ0v) is 14.4. The van der Waals surface area contributed by atoms with E-state index in [1.165, 1.54) is 6.39 Å². The van der Waals surface area contributed by atoms with Crippen molar-refractivity contribution >= 4 is 27.5 Å². The van der Waals surface area contributed by atoms with Crippen LogP contribution in [-0.2, 0) is 10.2 Å². The topological polar surface area (TPSA) is 55.1 Å². The molecule has 0 bridgehead atoms. The third-order valence-electron chi connectivity index (χ3n) is 4.42. The number of carbonyl (C=O) groups is 1. The van der Waals surface area contributed by atoms with Crippen molar-refractivity contribution in [2.45, 2.75) is 18.3 Å². The summed E-state index contributed by atoms with van der Waals surface area (Å²) in [6, 6.07) is 15.6. The van der Waals surface area contributed by atoms with Crippen molar-refractivity contribution in [3.05, 3.63) is 71.2 Å². The van der Waals surface area contributed by atoms with Crippen LogP contribution in [0.5, 0.6) is 0 Å². The van der Waals surface area contributed by atoms with Crippen LogP contribution in [-0.4, -0.2) is 10.9 Å². The molecule has 1 aliphatic rings. The van der Waals surface area contributed by atoms with Crippen molar-refractivity contribution in [1.82, 2.24) is 4.98 Å². The number of halogens is 1. The number of nitrogens with zero attached hydrogens (tertiary/aromatic N) is 1. The van der Waals surface area contributed by atoms with Crippen LogP contribution >= 0.6 is 15.9 Å². The molecule has 4 rings (SSSR count). The minimum Gasteiger partial charge on any atom is -0.444 e. The number of carbonyl (C=O) groups excluding carboxylic acids is 1. The highest BCUT2D eigenvalue weighted by Crippen LogP contribution is 2.49. The average Bonchev–Trinajstić information content (AvgIpc) is 3.22. The Morgan fingerprint density at radius 3 is 2.62 bits per heavy atom. The Kier molecular flexibility index (Phi) is 3.73. The summed E-state index contributed by atoms with van der Waals surface area (Å²) in [5, 5.41) is 3.05. The standard InChI is InChI=1S/C19H15BrN2O2/c20-15-6-4-14(5-7-15)19(8-9-19)18(23)22-16-3-1-2-13(10-16)17-11-21-12-24-17/h1-7,10-12H,8-9H2,(H,22,23). The van der Waals surface area contributed by atoms with Crippen molar-refractivity contribution < 1.29 is 9.21 Å². The number of aromatic nitrogens is 1. The zero-order valence-electron chi connectivity index (χ0n) is 12.8. The van der Waals surface area contributed by atoms with Crippen LogP contribution in [0.15, 0.2) is 70.0 Å². The molecule has 3 aromatic rings. The van der Waals surface area contributed by atoms with Gasteiger partial charge in [0.1, 0.15) is 0 Å². The Morgan fingerprint density at radius 1 is 1.17 bits per heavy atom. The van der Waals surface area contributed by atoms with Crippen LogP contribution in [0.1, 0.15) is 18.4 Å². The predicted molar refractivity (Wildman–Crippen MR) is 95.6 cm³/mol. The first-order valence-electron chi connectivity index (χ1n) is 7.74. The van der Waals surface area contributed by atoms with Crippen LogP contribution < -0.4 is 5.32 Å². The molecule has 1 N–H and O–H groups in total. The van der Waals surface area contributed by atoms with Gasteiger partial charge in [-0.1, -0.05) is 40.2 Å². The molecule has 5 heteroatoms. The molecule has 1 aliphatic carbocycles. The maximum Gasteiger partial charge on any atom is 0.235 e. The second kappa shape index (κ2) is 5.91. The highest BCUT2D eigenvalue weighted by Gasteiger charge is 2.51. The first-order valence-corrected chi connectivity index (χ1v) is 8.53. The lowest BCUT2D eigenvalue weighted by molar-refractivity contribution is -0.118. The van der Waals surface area contributed by atoms with Gasteiger partial charge >= 0.3 is 0 Å². The Labute approximate surface area is 148 Å². The number of oxazole rings is 1. The summed E-state index contributed by atoms with van der Waals surface area (Å²) in [6.07, 6.45) is 4.81. The molecular weight excluding hydrogens is 368 g/mol. The molecule has 1 saturated carbocycles. The van der Waals surface area contributed by atoms with Gasteiger partial charge in [-0.05, 0) is 42.7 Å². The van der Waals surface area contributed by atoms with Crippen LogP contribution in [0.25, 0.3) is 11.3 Å². The number of benzene rings is 2. The fraction of sp³-hybridized carbons (Fsp3) is 0.158. The highest BCUT2D eigenvalue weighted by atomic mass is 79.9. The minimum absolute atomic E-state index is 0.0412. The smallest absolute Gasteiger partial charge is 0.235 e. The van der Waals surface area contributed by atoms with E-state index in [9.17, 15) is 4.79 Å². The van der Waals surface area contributed by atoms with E-state index < -0.39 is 5.41 Å². The van der Waals surface area contributed by atoms with E-state index in [1.54, 1.807) is 6.20 Å². The Bertz CT molecular complexity index is 869. The lowest BCUT2D eigenvalue weighted by Gasteiger charge is -2.16. The molecule has 0 unspecified atom stereocenters. The van der Waals surface area contributed by atoms with Gasteiger partial charge < -0.3 is 9.73 Å². The average molecular weight is 383 g/mol. The SMILES string of the molecule is O=C(Nc1cccc(-c2cnco2)c1)C1(c2ccc(Br)cc2)CC1. The highest BCUT2D eigenvalue weighted by molar-refractivity contribution is 9.10. The lowest BCUT2D eigenvalue weighted by atomic mass is 9.95. The summed E-state index contributed by atoms with van der Waals surface area (Å²) in [7, 11) is 0. The van der Waals surface area contributed by atoms with Gasteiger partial charge in [-0.25, -0.2) is 4.98 Å². The Morgan fingerprint density at radius 2 is 1.96 bits per heavy atom. The first kappa shape index (κ1) is 15.1. The third kappa shape index (κ3) is 2.76. The van der Waals surface area contributed by atoms with Crippen molar-refractivity contribution in [3.63, 3.8) is 0 Å². The molecule has 1 aromatic heterocycles. The zero-order chi connectivity index (χ0) is 16.6. The van der Waals surface area contributed by atoms with E-state index in [0.29, 0.717) is 5.76 Å². The third-order valence-corrected chi connectivity index (χ3v) is 4.95. The van der Waals surface area contributed by atoms with Crippen LogP contribution in [0.3, 0.4) is 0 Å². The molecule has 0 radical (unpaired) electrons. The van der Waals surface area contributed by atoms with Gasteiger partial charge in [0.05, 0.1) is 11.6 Å². The fourth-order valence-electron chi connectivity index (χ4n) is 2.90. The number of rotatable bonds is 4. The second-order valence-corrected chi connectivity index (χ2v) is 6.91. The van der Waals surface area contributed by atoms with Crippen molar-refractivity contribution in [2.24, 2.45) is 0 Å². The van der Waals surface area contributed by atoms with Crippen molar-refractivity contribution in [1.29, 1.82) is 0 Å². The molecule has 1 amide bonds. The predicted octanol–water partition coefficient (Wildman–Crippen LogP) is 4.77. The molecule has 4 nitrogen and oxygen atoms in total. The van der Waals surface area contributed by atoms with Gasteiger partial charge in [-0.3, -0.25) is 4.79 Å². The summed E-state index contributed by atoms with van der Waals surface area (Å²) in [4.78, 5) is 16.7. The van der Waals surface area contributed by atoms with Gasteiger partial charge in [0.25, 0.3) is 0 Å². The van der Waals surface area contributed by atoms with Gasteiger partial charge in [0.2, 0.25) is 5.91 Å². The van der Waals surface area contributed by atoms with E-state index in [0.717, 1.165) is 34.1 Å². The van der Waals surface area contributed by atoms with E-state index in [4.69, 9.17) is 4.42 Å². The summed E-state index contributed by atoms with van der Waals surface area (Å²) in [5.74, 6) is 0.722. The number of hydrogen-bond acceptors (Lipinski definition) is 3. The van der Waals surface area contributed by atoms with Crippen LogP contribution in [0.2, 0.25) is 0 Å². The van der Waals surface area contributed by atoms with Gasteiger partial charge in [0, 0.05) is 15.7 Å². The van der Waals surface area contributed by atoms with E-state index in [-0.39, 0.29) is 5.91 Å². The van der Waals surface area contributed by atoms with E-state index >= 15 is 0 Å². The molecule has 2 aromatic carbocycles. The van der Waals surface area contributed by atoms with Crippen LogP contribution in [0, 0.1) is 0 Å². The maximum absolute atomic E-state index is 12.8. The maximum atomic E-state index is 12.8. The van der Waals surface area contributed by atoms with E-state index in [1.807, 2.05) is 48.5 Å². The molecule has 0 spiro atoms. The lowest BCUT2D eigenvalue weighted by Crippen LogP contribution is -2.27. The summed E-state index contributed by atoms with van der Waals surface area (Å²) in [6.45, 7) is 0. The monoisotopic (exact) mass is 382 g/mol. The largest absolute Gasteiger partial charge is 0.444 e. The number of amides is 1. The number of nitrogens with one attached hydrogen (secondary N) is 1. The minimum atomic E-state index is -0.400. The van der Waals surface area contributed by atoms with E-state index in [2.05, 4.69) is 26.2 Å². The van der Waals surface area contributed by atoms with Gasteiger partial charge in [0.15, 0.2) is 12.2 Å². The summed E-state index contributed by atoms with van der Waals surface area (Å²) < 4.78 is 6.33. The summed E-state index contributed by atoms with van der Waals surface area (Å²) >= 11 is 3.44. The second-order valence-electron chi connectivity index (χ2n) is 5.99. The summed E-state index contributed by atoms with van der Waals surface area (Å²) in [5.41, 5.74) is 2.31. The number of hydrogen-bond donors (Lipinski definition) is 1. The molecule has 1 heterocycles. The molecule has 1 fully saturated rings. The van der Waals surface area contributed by atoms with Crippen molar-refractivity contribution in [2.75, 3.05) is 5.32 Å². The quantitative estimate of drug-likeness (QED) is 0.706. The van der Waals surface area contributed by atoms with Crippen LogP contribution in [0.4, 0.5) is 5.69 Å². The molecule has 24 heavy (non-hydrogen) atoms. The first-order chi connectivity index (χ1) is 11.7. The number of anilines is 1. The van der Waals surface area contributed by atoms with Gasteiger partial charge in [-0.2, -0.15) is 0 Å². The molecule has 0 atom stereocenters.